The molecule has 0 aliphatic heterocycles. The molecule has 0 heterocycles. The van der Waals surface area contributed by atoms with Crippen LogP contribution in [0, 0.1) is 0 Å². The fraction of sp³-hybridized carbons (Fsp3) is 0.409. The summed E-state index contributed by atoms with van der Waals surface area (Å²) < 4.78 is 15.9. The Balaban J connectivity index is 2.12. The Bertz CT molecular complexity index is 717. The third-order valence-electron chi connectivity index (χ3n) is 4.01. The molecule has 1 atom stereocenters. The lowest BCUT2D eigenvalue weighted by molar-refractivity contribution is -0.154. The first kappa shape index (κ1) is 20.6. The Morgan fingerprint density at radius 3 is 1.93 bits per heavy atom. The highest BCUT2D eigenvalue weighted by molar-refractivity contribution is 5.70. The van der Waals surface area contributed by atoms with Gasteiger partial charge in [0.2, 0.25) is 0 Å². The second kappa shape index (κ2) is 9.31. The summed E-state index contributed by atoms with van der Waals surface area (Å²) in [6, 6.07) is 15.6. The summed E-state index contributed by atoms with van der Waals surface area (Å²) in [7, 11) is 3.29. The summed E-state index contributed by atoms with van der Waals surface area (Å²) in [5.41, 5.74) is 1.56. The standard InChI is InChI=1S/C22H29NO4/c1-22(2,3)27-21(24)15-14-20(16-6-10-18(25-4)11-7-16)23-17-8-12-19(26-5)13-9-17/h6-13,20,23H,14-15H2,1-5H3. The molecule has 0 bridgehead atoms. The Morgan fingerprint density at radius 2 is 1.44 bits per heavy atom. The number of anilines is 1. The maximum Gasteiger partial charge on any atom is 0.306 e. The zero-order valence-electron chi connectivity index (χ0n) is 16.7. The van der Waals surface area contributed by atoms with E-state index in [1.807, 2.05) is 69.3 Å². The number of hydrogen-bond acceptors (Lipinski definition) is 5. The van der Waals surface area contributed by atoms with Gasteiger partial charge in [-0.05, 0) is 69.2 Å². The van der Waals surface area contributed by atoms with Crippen LogP contribution in [0.25, 0.3) is 0 Å². The van der Waals surface area contributed by atoms with Gasteiger partial charge in [-0.3, -0.25) is 4.79 Å². The Morgan fingerprint density at radius 1 is 0.926 bits per heavy atom. The van der Waals surface area contributed by atoms with Gasteiger partial charge in [-0.25, -0.2) is 0 Å². The molecule has 0 saturated carbocycles. The smallest absolute Gasteiger partial charge is 0.306 e. The van der Waals surface area contributed by atoms with Gasteiger partial charge in [0.25, 0.3) is 0 Å². The predicted molar refractivity (Wildman–Crippen MR) is 107 cm³/mol. The highest BCUT2D eigenvalue weighted by Crippen LogP contribution is 2.27. The molecule has 1 unspecified atom stereocenters. The van der Waals surface area contributed by atoms with Crippen LogP contribution in [0.2, 0.25) is 0 Å². The minimum Gasteiger partial charge on any atom is -0.497 e. The molecule has 0 fully saturated rings. The van der Waals surface area contributed by atoms with Crippen molar-refractivity contribution >= 4 is 11.7 Å². The van der Waals surface area contributed by atoms with E-state index in [1.165, 1.54) is 0 Å². The van der Waals surface area contributed by atoms with Crippen LogP contribution in [0.1, 0.15) is 45.2 Å². The van der Waals surface area contributed by atoms with Crippen molar-refractivity contribution in [2.75, 3.05) is 19.5 Å². The van der Waals surface area contributed by atoms with Crippen molar-refractivity contribution in [1.29, 1.82) is 0 Å². The maximum absolute atomic E-state index is 12.1. The molecular formula is C22H29NO4. The van der Waals surface area contributed by atoms with Crippen molar-refractivity contribution in [3.05, 3.63) is 54.1 Å². The third kappa shape index (κ3) is 6.85. The minimum atomic E-state index is -0.476. The lowest BCUT2D eigenvalue weighted by Crippen LogP contribution is -2.24. The van der Waals surface area contributed by atoms with E-state index in [4.69, 9.17) is 14.2 Å². The molecule has 5 heteroatoms. The van der Waals surface area contributed by atoms with Crippen molar-refractivity contribution in [2.45, 2.75) is 45.3 Å². The summed E-state index contributed by atoms with van der Waals surface area (Å²) in [5.74, 6) is 1.40. The van der Waals surface area contributed by atoms with Crippen LogP contribution in [0.15, 0.2) is 48.5 Å². The van der Waals surface area contributed by atoms with E-state index in [-0.39, 0.29) is 12.0 Å². The zero-order valence-corrected chi connectivity index (χ0v) is 16.7. The normalized spacial score (nSPS) is 12.2. The van der Waals surface area contributed by atoms with E-state index in [1.54, 1.807) is 14.2 Å². The molecule has 146 valence electrons. The SMILES string of the molecule is COc1ccc(NC(CCC(=O)OC(C)(C)C)c2ccc(OC)cc2)cc1. The van der Waals surface area contributed by atoms with Crippen molar-refractivity contribution in [3.8, 4) is 11.5 Å². The Labute approximate surface area is 161 Å². The first-order valence-electron chi connectivity index (χ1n) is 9.07. The molecule has 2 rings (SSSR count). The predicted octanol–water partition coefficient (Wildman–Crippen LogP) is 4.98. The molecule has 0 aromatic heterocycles. The number of carbonyl (C=O) groups excluding carboxylic acids is 1. The lowest BCUT2D eigenvalue weighted by Gasteiger charge is -2.23. The van der Waals surface area contributed by atoms with E-state index < -0.39 is 5.60 Å². The molecular weight excluding hydrogens is 342 g/mol. The fourth-order valence-electron chi connectivity index (χ4n) is 2.70. The first-order chi connectivity index (χ1) is 12.8. The van der Waals surface area contributed by atoms with Gasteiger partial charge in [0.05, 0.1) is 20.3 Å². The average Bonchev–Trinajstić information content (AvgIpc) is 2.64. The van der Waals surface area contributed by atoms with Crippen LogP contribution in [-0.4, -0.2) is 25.8 Å². The second-order valence-electron chi connectivity index (χ2n) is 7.32. The molecule has 2 aromatic rings. The third-order valence-corrected chi connectivity index (χ3v) is 4.01. The molecule has 27 heavy (non-hydrogen) atoms. The summed E-state index contributed by atoms with van der Waals surface area (Å²) >= 11 is 0. The van der Waals surface area contributed by atoms with Crippen molar-refractivity contribution < 1.29 is 19.0 Å². The number of hydrogen-bond donors (Lipinski definition) is 1. The van der Waals surface area contributed by atoms with E-state index in [2.05, 4.69) is 5.32 Å². The quantitative estimate of drug-likeness (QED) is 0.663. The van der Waals surface area contributed by atoms with Gasteiger partial charge >= 0.3 is 5.97 Å². The van der Waals surface area contributed by atoms with Crippen LogP contribution in [0.3, 0.4) is 0 Å². The van der Waals surface area contributed by atoms with Gasteiger partial charge in [0.1, 0.15) is 17.1 Å². The highest BCUT2D eigenvalue weighted by Gasteiger charge is 2.19. The second-order valence-corrected chi connectivity index (χ2v) is 7.32. The number of methoxy groups -OCH3 is 2. The molecule has 0 saturated heterocycles. The highest BCUT2D eigenvalue weighted by atomic mass is 16.6. The number of nitrogens with one attached hydrogen (secondary N) is 1. The van der Waals surface area contributed by atoms with Crippen LogP contribution in [-0.2, 0) is 9.53 Å². The zero-order chi connectivity index (χ0) is 19.9. The van der Waals surface area contributed by atoms with Crippen LogP contribution >= 0.6 is 0 Å². The molecule has 5 nitrogen and oxygen atoms in total. The largest absolute Gasteiger partial charge is 0.497 e. The minimum absolute atomic E-state index is 0.0307. The van der Waals surface area contributed by atoms with Gasteiger partial charge in [-0.1, -0.05) is 12.1 Å². The van der Waals surface area contributed by atoms with Crippen LogP contribution in [0.4, 0.5) is 5.69 Å². The molecule has 0 spiro atoms. The number of esters is 1. The fourth-order valence-corrected chi connectivity index (χ4v) is 2.70. The molecule has 0 aliphatic rings. The van der Waals surface area contributed by atoms with E-state index in [0.29, 0.717) is 12.8 Å². The van der Waals surface area contributed by atoms with Gasteiger partial charge in [-0.2, -0.15) is 0 Å². The number of rotatable bonds is 8. The summed E-state index contributed by atoms with van der Waals surface area (Å²) in [6.45, 7) is 5.63. The van der Waals surface area contributed by atoms with Crippen molar-refractivity contribution in [3.63, 3.8) is 0 Å². The Kier molecular flexibility index (Phi) is 7.11. The average molecular weight is 371 g/mol. The monoisotopic (exact) mass is 371 g/mol. The maximum atomic E-state index is 12.1. The number of carbonyl (C=O) groups is 1. The van der Waals surface area contributed by atoms with E-state index in [0.717, 1.165) is 22.7 Å². The van der Waals surface area contributed by atoms with E-state index in [9.17, 15) is 4.79 Å². The van der Waals surface area contributed by atoms with Crippen molar-refractivity contribution in [1.82, 2.24) is 0 Å². The Hall–Kier alpha value is -2.69. The van der Waals surface area contributed by atoms with Gasteiger partial charge in [0.15, 0.2) is 0 Å². The molecule has 2 aromatic carbocycles. The number of ether oxygens (including phenoxy) is 3. The summed E-state index contributed by atoms with van der Waals surface area (Å²) in [5, 5.41) is 3.50. The van der Waals surface area contributed by atoms with Crippen LogP contribution < -0.4 is 14.8 Å². The van der Waals surface area contributed by atoms with Gasteiger partial charge < -0.3 is 19.5 Å². The van der Waals surface area contributed by atoms with E-state index >= 15 is 0 Å². The van der Waals surface area contributed by atoms with Gasteiger partial charge in [-0.15, -0.1) is 0 Å². The van der Waals surface area contributed by atoms with Crippen molar-refractivity contribution in [2.24, 2.45) is 0 Å². The summed E-state index contributed by atoms with van der Waals surface area (Å²) in [4.78, 5) is 12.1. The molecule has 0 amide bonds. The summed E-state index contributed by atoms with van der Waals surface area (Å²) in [6.07, 6.45) is 0.949. The topological polar surface area (TPSA) is 56.8 Å². The number of benzene rings is 2. The van der Waals surface area contributed by atoms with Gasteiger partial charge in [0, 0.05) is 12.1 Å². The first-order valence-corrected chi connectivity index (χ1v) is 9.07. The lowest BCUT2D eigenvalue weighted by atomic mass is 10.0. The molecule has 0 radical (unpaired) electrons. The molecule has 1 N–H and O–H groups in total. The van der Waals surface area contributed by atoms with Crippen LogP contribution in [0.5, 0.6) is 11.5 Å². The molecule has 0 aliphatic carbocycles.